The highest BCUT2D eigenvalue weighted by molar-refractivity contribution is 5.94. The summed E-state index contributed by atoms with van der Waals surface area (Å²) < 4.78 is 14.2. The average Bonchev–Trinajstić information content (AvgIpc) is 2.68. The number of hydrogen-bond acceptors (Lipinski definition) is 6. The lowest BCUT2D eigenvalue weighted by Crippen LogP contribution is -2.38. The third-order valence-corrected chi connectivity index (χ3v) is 4.40. The van der Waals surface area contributed by atoms with Gasteiger partial charge < -0.3 is 20.6 Å². The van der Waals surface area contributed by atoms with Gasteiger partial charge in [-0.1, -0.05) is 12.1 Å². The molecule has 0 saturated carbocycles. The van der Waals surface area contributed by atoms with Crippen LogP contribution in [-0.2, 0) is 13.1 Å². The van der Waals surface area contributed by atoms with Crippen molar-refractivity contribution in [3.05, 3.63) is 58.0 Å². The fourth-order valence-corrected chi connectivity index (χ4v) is 2.60. The molecule has 8 nitrogen and oxygen atoms in total. The van der Waals surface area contributed by atoms with Crippen molar-refractivity contribution in [1.29, 1.82) is 0 Å². The van der Waals surface area contributed by atoms with Crippen molar-refractivity contribution >= 4 is 5.91 Å². The minimum Gasteiger partial charge on any atom is -0.501 e. The number of rotatable bonds is 9. The van der Waals surface area contributed by atoms with Crippen LogP contribution in [0.4, 0.5) is 4.39 Å². The Hall–Kier alpha value is -2.78. The molecule has 3 N–H and O–H groups in total. The quantitative estimate of drug-likeness (QED) is 0.578. The summed E-state index contributed by atoms with van der Waals surface area (Å²) in [5, 5.41) is 15.8. The Morgan fingerprint density at radius 2 is 2.04 bits per heavy atom. The second-order valence-electron chi connectivity index (χ2n) is 6.70. The Balaban J connectivity index is 1.99. The first-order valence-corrected chi connectivity index (χ1v) is 8.98. The molecule has 1 heterocycles. The largest absolute Gasteiger partial charge is 0.501 e. The van der Waals surface area contributed by atoms with Gasteiger partial charge in [-0.3, -0.25) is 14.2 Å². The molecule has 0 spiro atoms. The number of aromatic nitrogens is 2. The van der Waals surface area contributed by atoms with E-state index in [-0.39, 0.29) is 18.1 Å². The SMILES string of the molecule is CNC(C)CN(C)CCn1cnc(C(=O)NCc2ccc(F)cc2)c(O)c1=O. The van der Waals surface area contributed by atoms with Crippen LogP contribution < -0.4 is 16.2 Å². The van der Waals surface area contributed by atoms with Crippen LogP contribution in [0.2, 0.25) is 0 Å². The van der Waals surface area contributed by atoms with Crippen LogP contribution in [-0.4, -0.2) is 58.7 Å². The zero-order chi connectivity index (χ0) is 20.7. The van der Waals surface area contributed by atoms with E-state index in [0.717, 1.165) is 6.54 Å². The van der Waals surface area contributed by atoms with E-state index in [1.165, 1.54) is 35.2 Å². The summed E-state index contributed by atoms with van der Waals surface area (Å²) in [7, 11) is 3.81. The van der Waals surface area contributed by atoms with Crippen molar-refractivity contribution in [3.63, 3.8) is 0 Å². The minimum atomic E-state index is -0.689. The van der Waals surface area contributed by atoms with Gasteiger partial charge in [-0.05, 0) is 38.7 Å². The van der Waals surface area contributed by atoms with E-state index < -0.39 is 17.2 Å². The van der Waals surface area contributed by atoms with E-state index >= 15 is 0 Å². The van der Waals surface area contributed by atoms with Gasteiger partial charge in [-0.2, -0.15) is 0 Å². The zero-order valence-electron chi connectivity index (χ0n) is 16.3. The van der Waals surface area contributed by atoms with Crippen molar-refractivity contribution in [3.8, 4) is 5.75 Å². The Morgan fingerprint density at radius 3 is 2.68 bits per heavy atom. The molecule has 152 valence electrons. The van der Waals surface area contributed by atoms with Gasteiger partial charge >= 0.3 is 0 Å². The lowest BCUT2D eigenvalue weighted by molar-refractivity contribution is 0.0942. The summed E-state index contributed by atoms with van der Waals surface area (Å²) in [5.41, 5.74) is -0.320. The predicted octanol–water partition coefficient (Wildman–Crippen LogP) is 0.558. The highest BCUT2D eigenvalue weighted by Crippen LogP contribution is 2.08. The fraction of sp³-hybridized carbons (Fsp3) is 0.421. The van der Waals surface area contributed by atoms with Crippen molar-refractivity contribution < 1.29 is 14.3 Å². The molecule has 0 fully saturated rings. The first kappa shape index (κ1) is 21.5. The molecule has 1 aromatic carbocycles. The third kappa shape index (κ3) is 5.86. The van der Waals surface area contributed by atoms with Crippen molar-refractivity contribution in [2.24, 2.45) is 0 Å². The van der Waals surface area contributed by atoms with Gasteiger partial charge in [0.2, 0.25) is 5.75 Å². The maximum absolute atomic E-state index is 12.9. The molecular formula is C19H26FN5O3. The molecule has 2 rings (SSSR count). The average molecular weight is 391 g/mol. The highest BCUT2D eigenvalue weighted by Gasteiger charge is 2.17. The predicted molar refractivity (Wildman–Crippen MR) is 104 cm³/mol. The van der Waals surface area contributed by atoms with Gasteiger partial charge in [0.1, 0.15) is 5.82 Å². The number of aromatic hydroxyl groups is 1. The van der Waals surface area contributed by atoms with Crippen molar-refractivity contribution in [2.45, 2.75) is 26.1 Å². The molecule has 0 saturated heterocycles. The topological polar surface area (TPSA) is 99.5 Å². The molecule has 0 aliphatic heterocycles. The first-order valence-electron chi connectivity index (χ1n) is 8.98. The molecule has 1 amide bonds. The number of benzene rings is 1. The molecule has 1 atom stereocenters. The zero-order valence-corrected chi connectivity index (χ0v) is 16.3. The fourth-order valence-electron chi connectivity index (χ4n) is 2.60. The molecule has 2 aromatic rings. The van der Waals surface area contributed by atoms with Crippen LogP contribution in [0, 0.1) is 5.82 Å². The Bertz CT molecular complexity index is 854. The molecule has 0 radical (unpaired) electrons. The lowest BCUT2D eigenvalue weighted by Gasteiger charge is -2.21. The van der Waals surface area contributed by atoms with Crippen LogP contribution in [0.25, 0.3) is 0 Å². The maximum atomic E-state index is 12.9. The smallest absolute Gasteiger partial charge is 0.296 e. The molecule has 0 aliphatic carbocycles. The minimum absolute atomic E-state index is 0.123. The molecular weight excluding hydrogens is 365 g/mol. The van der Waals surface area contributed by atoms with Gasteiger partial charge in [0.15, 0.2) is 5.69 Å². The summed E-state index contributed by atoms with van der Waals surface area (Å²) >= 11 is 0. The molecule has 9 heteroatoms. The van der Waals surface area contributed by atoms with Crippen LogP contribution in [0.1, 0.15) is 23.0 Å². The number of halogens is 1. The highest BCUT2D eigenvalue weighted by atomic mass is 19.1. The Kier molecular flexibility index (Phi) is 7.65. The van der Waals surface area contributed by atoms with E-state index in [1.54, 1.807) is 0 Å². The van der Waals surface area contributed by atoms with E-state index in [4.69, 9.17) is 0 Å². The monoisotopic (exact) mass is 391 g/mol. The van der Waals surface area contributed by atoms with E-state index in [1.807, 2.05) is 19.0 Å². The van der Waals surface area contributed by atoms with Crippen LogP contribution in [0.15, 0.2) is 35.4 Å². The van der Waals surface area contributed by atoms with Crippen molar-refractivity contribution in [1.82, 2.24) is 25.1 Å². The van der Waals surface area contributed by atoms with Crippen LogP contribution in [0.3, 0.4) is 0 Å². The van der Waals surface area contributed by atoms with Crippen LogP contribution >= 0.6 is 0 Å². The van der Waals surface area contributed by atoms with Gasteiger partial charge in [-0.25, -0.2) is 9.37 Å². The van der Waals surface area contributed by atoms with E-state index in [0.29, 0.717) is 24.7 Å². The molecule has 1 aromatic heterocycles. The maximum Gasteiger partial charge on any atom is 0.296 e. The summed E-state index contributed by atoms with van der Waals surface area (Å²) in [5.74, 6) is -1.74. The number of nitrogens with zero attached hydrogens (tertiary/aromatic N) is 3. The van der Waals surface area contributed by atoms with Gasteiger partial charge in [0.25, 0.3) is 11.5 Å². The van der Waals surface area contributed by atoms with Gasteiger partial charge in [-0.15, -0.1) is 0 Å². The number of hydrogen-bond donors (Lipinski definition) is 3. The van der Waals surface area contributed by atoms with Gasteiger partial charge in [0, 0.05) is 32.2 Å². The van der Waals surface area contributed by atoms with E-state index in [2.05, 4.69) is 22.5 Å². The summed E-state index contributed by atoms with van der Waals surface area (Å²) in [6, 6.07) is 5.94. The number of likely N-dealkylation sites (N-methyl/N-ethyl adjacent to an activating group) is 2. The number of carbonyl (C=O) groups is 1. The Morgan fingerprint density at radius 1 is 1.36 bits per heavy atom. The number of nitrogens with one attached hydrogen (secondary N) is 2. The van der Waals surface area contributed by atoms with E-state index in [9.17, 15) is 19.1 Å². The summed E-state index contributed by atoms with van der Waals surface area (Å²) in [4.78, 5) is 30.5. The van der Waals surface area contributed by atoms with Crippen LogP contribution in [0.5, 0.6) is 5.75 Å². The summed E-state index contributed by atoms with van der Waals surface area (Å²) in [6.45, 7) is 3.90. The number of amides is 1. The molecule has 0 aliphatic rings. The second kappa shape index (κ2) is 9.95. The normalized spacial score (nSPS) is 12.2. The number of carbonyl (C=O) groups excluding carboxylic acids is 1. The second-order valence-corrected chi connectivity index (χ2v) is 6.70. The molecule has 1 unspecified atom stereocenters. The molecule has 0 bridgehead atoms. The standard InChI is InChI=1S/C19H26FN5O3/c1-13(21-2)11-24(3)8-9-25-12-23-16(17(26)19(25)28)18(27)22-10-14-4-6-15(20)7-5-14/h4-7,12-13,21,26H,8-11H2,1-3H3,(H,22,27). The third-order valence-electron chi connectivity index (χ3n) is 4.40. The molecule has 28 heavy (non-hydrogen) atoms. The first-order chi connectivity index (χ1) is 13.3. The van der Waals surface area contributed by atoms with Crippen molar-refractivity contribution in [2.75, 3.05) is 27.2 Å². The van der Waals surface area contributed by atoms with Gasteiger partial charge in [0.05, 0.1) is 6.33 Å². The lowest BCUT2D eigenvalue weighted by atomic mass is 10.2. The summed E-state index contributed by atoms with van der Waals surface area (Å²) in [6.07, 6.45) is 1.25. The Labute approximate surface area is 163 Å².